The molecule has 0 unspecified atom stereocenters. The third-order valence-corrected chi connectivity index (χ3v) is 5.92. The van der Waals surface area contributed by atoms with Crippen LogP contribution in [0.5, 0.6) is 5.75 Å². The van der Waals surface area contributed by atoms with E-state index in [1.165, 1.54) is 18.2 Å². The quantitative estimate of drug-likeness (QED) is 0.239. The van der Waals surface area contributed by atoms with E-state index in [0.29, 0.717) is 23.4 Å². The molecule has 8 nitrogen and oxygen atoms in total. The van der Waals surface area contributed by atoms with Crippen LogP contribution < -0.4 is 0 Å². The van der Waals surface area contributed by atoms with E-state index in [-0.39, 0.29) is 25.2 Å². The Morgan fingerprint density at radius 2 is 1.85 bits per heavy atom. The Labute approximate surface area is 202 Å². The zero-order chi connectivity index (χ0) is 24.7. The number of hydrogen-bond acceptors (Lipinski definition) is 7. The standard InChI is InChI=1S/C25H27ClO8/c26-18-5-1-3-17(13-18)4-2-12-33-25(24(31)32)14-20(28)23(30)21(15-25)34-22(29)11-8-16-6-9-19(27)10-7-16/h1,3,5-11,13,20-21,23,27-28,30H,2,4,12,14-15H2,(H,31,32)/t20-,21+,23+,25-/m0/s1. The number of aryl methyl sites for hydroxylation is 1. The predicted octanol–water partition coefficient (Wildman–Crippen LogP) is 2.96. The summed E-state index contributed by atoms with van der Waals surface area (Å²) in [7, 11) is 0. The van der Waals surface area contributed by atoms with E-state index in [1.54, 1.807) is 18.2 Å². The van der Waals surface area contributed by atoms with Gasteiger partial charge in [0.2, 0.25) is 0 Å². The molecule has 1 aliphatic carbocycles. The van der Waals surface area contributed by atoms with Crippen LogP contribution in [-0.4, -0.2) is 62.9 Å². The van der Waals surface area contributed by atoms with Crippen LogP contribution in [0.4, 0.5) is 0 Å². The van der Waals surface area contributed by atoms with Crippen molar-refractivity contribution in [2.24, 2.45) is 0 Å². The second-order valence-corrected chi connectivity index (χ2v) is 8.68. The molecular formula is C25H27ClO8. The van der Waals surface area contributed by atoms with Crippen LogP contribution in [-0.2, 0) is 25.5 Å². The van der Waals surface area contributed by atoms with Gasteiger partial charge < -0.3 is 29.9 Å². The van der Waals surface area contributed by atoms with Crippen molar-refractivity contribution >= 4 is 29.6 Å². The lowest BCUT2D eigenvalue weighted by atomic mass is 9.79. The van der Waals surface area contributed by atoms with Crippen molar-refractivity contribution in [2.45, 2.75) is 49.6 Å². The molecule has 0 radical (unpaired) electrons. The molecule has 34 heavy (non-hydrogen) atoms. The zero-order valence-electron chi connectivity index (χ0n) is 18.3. The second kappa shape index (κ2) is 11.5. The van der Waals surface area contributed by atoms with Crippen molar-refractivity contribution in [3.63, 3.8) is 0 Å². The summed E-state index contributed by atoms with van der Waals surface area (Å²) < 4.78 is 11.0. The van der Waals surface area contributed by atoms with Crippen molar-refractivity contribution in [2.75, 3.05) is 6.61 Å². The highest BCUT2D eigenvalue weighted by molar-refractivity contribution is 6.30. The molecule has 1 aliphatic rings. The van der Waals surface area contributed by atoms with E-state index in [0.717, 1.165) is 11.6 Å². The molecule has 0 aliphatic heterocycles. The van der Waals surface area contributed by atoms with E-state index in [2.05, 4.69) is 0 Å². The summed E-state index contributed by atoms with van der Waals surface area (Å²) in [5.41, 5.74) is -0.202. The molecule has 182 valence electrons. The third-order valence-electron chi connectivity index (χ3n) is 5.68. The number of ether oxygens (including phenoxy) is 2. The molecule has 3 rings (SSSR count). The van der Waals surface area contributed by atoms with Crippen LogP contribution >= 0.6 is 11.6 Å². The number of aliphatic carboxylic acids is 1. The van der Waals surface area contributed by atoms with Gasteiger partial charge in [-0.3, -0.25) is 0 Å². The first-order valence-corrected chi connectivity index (χ1v) is 11.2. The summed E-state index contributed by atoms with van der Waals surface area (Å²) >= 11 is 5.98. The average Bonchev–Trinajstić information content (AvgIpc) is 2.79. The molecule has 1 saturated carbocycles. The Morgan fingerprint density at radius 1 is 1.12 bits per heavy atom. The highest BCUT2D eigenvalue weighted by Crippen LogP contribution is 2.35. The molecule has 4 N–H and O–H groups in total. The Kier molecular flexibility index (Phi) is 8.68. The van der Waals surface area contributed by atoms with Gasteiger partial charge in [0.1, 0.15) is 18.0 Å². The van der Waals surface area contributed by atoms with Crippen LogP contribution in [0.2, 0.25) is 5.02 Å². The van der Waals surface area contributed by atoms with E-state index in [4.69, 9.17) is 21.1 Å². The molecule has 0 saturated heterocycles. The Hall–Kier alpha value is -2.91. The summed E-state index contributed by atoms with van der Waals surface area (Å²) in [6.45, 7) is 0.0864. The fourth-order valence-electron chi connectivity index (χ4n) is 3.88. The summed E-state index contributed by atoms with van der Waals surface area (Å²) in [6, 6.07) is 13.4. The van der Waals surface area contributed by atoms with Crippen molar-refractivity contribution in [1.29, 1.82) is 0 Å². The van der Waals surface area contributed by atoms with Gasteiger partial charge in [0.15, 0.2) is 5.60 Å². The number of benzene rings is 2. The molecule has 0 aromatic heterocycles. The molecule has 2 aromatic rings. The van der Waals surface area contributed by atoms with Crippen molar-refractivity contribution < 1.29 is 39.5 Å². The van der Waals surface area contributed by atoms with Gasteiger partial charge >= 0.3 is 11.9 Å². The minimum Gasteiger partial charge on any atom is -0.508 e. The zero-order valence-corrected chi connectivity index (χ0v) is 19.1. The van der Waals surface area contributed by atoms with Gasteiger partial charge in [-0.25, -0.2) is 9.59 Å². The second-order valence-electron chi connectivity index (χ2n) is 8.25. The largest absolute Gasteiger partial charge is 0.508 e. The number of aliphatic hydroxyl groups is 2. The van der Waals surface area contributed by atoms with E-state index < -0.39 is 35.9 Å². The first-order chi connectivity index (χ1) is 16.2. The van der Waals surface area contributed by atoms with Crippen LogP contribution in [0, 0.1) is 0 Å². The van der Waals surface area contributed by atoms with Crippen molar-refractivity contribution in [3.8, 4) is 5.75 Å². The number of carbonyl (C=O) groups is 2. The van der Waals surface area contributed by atoms with E-state index in [9.17, 15) is 30.0 Å². The normalized spacial score (nSPS) is 24.7. The number of esters is 1. The number of carboxylic acid groups (broad SMARTS) is 1. The van der Waals surface area contributed by atoms with Gasteiger partial charge in [0.05, 0.1) is 6.10 Å². The summed E-state index contributed by atoms with van der Waals surface area (Å²) in [5.74, 6) is -2.04. The lowest BCUT2D eigenvalue weighted by Gasteiger charge is -2.41. The molecule has 4 atom stereocenters. The number of phenolic OH excluding ortho intramolecular Hbond substituents is 1. The Morgan fingerprint density at radius 3 is 2.53 bits per heavy atom. The monoisotopic (exact) mass is 490 g/mol. The maximum atomic E-state index is 12.3. The molecule has 0 amide bonds. The molecule has 9 heteroatoms. The summed E-state index contributed by atoms with van der Waals surface area (Å²) in [4.78, 5) is 24.4. The molecule has 0 bridgehead atoms. The van der Waals surface area contributed by atoms with Gasteiger partial charge in [-0.1, -0.05) is 35.9 Å². The molecule has 0 spiro atoms. The third kappa shape index (κ3) is 6.80. The highest BCUT2D eigenvalue weighted by Gasteiger charge is 2.52. The van der Waals surface area contributed by atoms with Crippen molar-refractivity contribution in [1.82, 2.24) is 0 Å². The number of carbonyl (C=O) groups excluding carboxylic acids is 1. The highest BCUT2D eigenvalue weighted by atomic mass is 35.5. The maximum absolute atomic E-state index is 12.3. The fourth-order valence-corrected chi connectivity index (χ4v) is 4.09. The topological polar surface area (TPSA) is 134 Å². The molecule has 0 heterocycles. The van der Waals surface area contributed by atoms with Gasteiger partial charge in [0.25, 0.3) is 0 Å². The first kappa shape index (κ1) is 25.7. The van der Waals surface area contributed by atoms with Gasteiger partial charge in [0, 0.05) is 30.5 Å². The molecular weight excluding hydrogens is 464 g/mol. The first-order valence-electron chi connectivity index (χ1n) is 10.8. The van der Waals surface area contributed by atoms with Crippen LogP contribution in [0.1, 0.15) is 30.4 Å². The summed E-state index contributed by atoms with van der Waals surface area (Å²) in [5, 5.41) is 40.4. The van der Waals surface area contributed by atoms with Gasteiger partial charge in [-0.15, -0.1) is 0 Å². The molecule has 2 aromatic carbocycles. The van der Waals surface area contributed by atoms with E-state index >= 15 is 0 Å². The number of aliphatic hydroxyl groups excluding tert-OH is 2. The van der Waals surface area contributed by atoms with Gasteiger partial charge in [-0.05, 0) is 54.3 Å². The number of halogens is 1. The Bertz CT molecular complexity index is 1020. The predicted molar refractivity (Wildman–Crippen MR) is 124 cm³/mol. The molecule has 1 fully saturated rings. The number of phenols is 1. The number of rotatable bonds is 9. The van der Waals surface area contributed by atoms with Gasteiger partial charge in [-0.2, -0.15) is 0 Å². The minimum absolute atomic E-state index is 0.0802. The minimum atomic E-state index is -1.81. The van der Waals surface area contributed by atoms with Crippen molar-refractivity contribution in [3.05, 3.63) is 70.8 Å². The number of hydrogen-bond donors (Lipinski definition) is 4. The van der Waals surface area contributed by atoms with Crippen LogP contribution in [0.15, 0.2) is 54.6 Å². The maximum Gasteiger partial charge on any atom is 0.336 e. The smallest absolute Gasteiger partial charge is 0.336 e. The lowest BCUT2D eigenvalue weighted by molar-refractivity contribution is -0.207. The Balaban J connectivity index is 1.62. The number of carboxylic acids is 1. The summed E-state index contributed by atoms with van der Waals surface area (Å²) in [6.07, 6.45) is -1.13. The van der Waals surface area contributed by atoms with E-state index in [1.807, 2.05) is 18.2 Å². The lowest BCUT2D eigenvalue weighted by Crippen LogP contribution is -2.58. The number of aromatic hydroxyl groups is 1. The average molecular weight is 491 g/mol. The van der Waals surface area contributed by atoms with Crippen LogP contribution in [0.3, 0.4) is 0 Å². The SMILES string of the molecule is O=C(C=Cc1ccc(O)cc1)O[C@@H]1C[C@](OCCCc2cccc(Cl)c2)(C(=O)O)C[C@H](O)[C@H]1O. The van der Waals surface area contributed by atoms with Crippen LogP contribution in [0.25, 0.3) is 6.08 Å². The fraction of sp³-hybridized carbons (Fsp3) is 0.360.